The van der Waals surface area contributed by atoms with Gasteiger partial charge in [-0.05, 0) is 19.1 Å². The highest BCUT2D eigenvalue weighted by atomic mass is 16.2. The number of nitrogens with zero attached hydrogens (tertiary/aromatic N) is 2. The molecule has 6 heteroatoms. The first-order valence-electron chi connectivity index (χ1n) is 3.50. The summed E-state index contributed by atoms with van der Waals surface area (Å²) in [7, 11) is 0. The lowest BCUT2D eigenvalue weighted by Gasteiger charge is -1.98. The number of amides is 3. The summed E-state index contributed by atoms with van der Waals surface area (Å²) in [5.74, 6) is -0.653. The van der Waals surface area contributed by atoms with Gasteiger partial charge in [0, 0.05) is 0 Å². The Morgan fingerprint density at radius 3 is 2.54 bits per heavy atom. The van der Waals surface area contributed by atoms with Crippen LogP contribution in [-0.4, -0.2) is 22.1 Å². The van der Waals surface area contributed by atoms with Gasteiger partial charge in [-0.25, -0.2) is 4.79 Å². The van der Waals surface area contributed by atoms with Gasteiger partial charge in [-0.2, -0.15) is 5.10 Å². The van der Waals surface area contributed by atoms with Crippen LogP contribution in [0, 0.1) is 6.92 Å². The standard InChI is InChI=1S/C7H8N4O2/c1-4-2-3-5(11-10-4)6(12)9-7(8)13/h2-3H,1H3,(H3,8,9,12,13). The van der Waals surface area contributed by atoms with E-state index in [-0.39, 0.29) is 5.69 Å². The summed E-state index contributed by atoms with van der Waals surface area (Å²) < 4.78 is 0. The predicted molar refractivity (Wildman–Crippen MR) is 43.8 cm³/mol. The molecule has 0 aromatic carbocycles. The molecular formula is C7H8N4O2. The lowest BCUT2D eigenvalue weighted by atomic mass is 10.3. The SMILES string of the molecule is Cc1ccc(C(=O)NC(N)=O)nn1. The fourth-order valence-electron chi connectivity index (χ4n) is 0.696. The van der Waals surface area contributed by atoms with Gasteiger partial charge in [0.05, 0.1) is 5.69 Å². The number of carbonyl (C=O) groups is 2. The van der Waals surface area contributed by atoms with Gasteiger partial charge < -0.3 is 5.73 Å². The Balaban J connectivity index is 2.78. The number of rotatable bonds is 1. The maximum absolute atomic E-state index is 11.1. The molecule has 6 nitrogen and oxygen atoms in total. The van der Waals surface area contributed by atoms with Crippen LogP contribution in [0.4, 0.5) is 4.79 Å². The maximum atomic E-state index is 11.1. The highest BCUT2D eigenvalue weighted by molar-refractivity contribution is 6.02. The lowest BCUT2D eigenvalue weighted by molar-refractivity contribution is 0.0960. The second-order valence-electron chi connectivity index (χ2n) is 2.38. The average Bonchev–Trinajstić information content (AvgIpc) is 2.04. The molecule has 0 aliphatic rings. The summed E-state index contributed by atoms with van der Waals surface area (Å²) >= 11 is 0. The molecule has 0 atom stereocenters. The first-order chi connectivity index (χ1) is 6.09. The Kier molecular flexibility index (Phi) is 2.53. The fraction of sp³-hybridized carbons (Fsp3) is 0.143. The first-order valence-corrected chi connectivity index (χ1v) is 3.50. The van der Waals surface area contributed by atoms with Crippen LogP contribution in [0.2, 0.25) is 0 Å². The highest BCUT2D eigenvalue weighted by Crippen LogP contribution is 1.94. The van der Waals surface area contributed by atoms with E-state index in [2.05, 4.69) is 10.2 Å². The van der Waals surface area contributed by atoms with Crippen LogP contribution in [0.3, 0.4) is 0 Å². The summed E-state index contributed by atoms with van der Waals surface area (Å²) in [5, 5.41) is 9.08. The summed E-state index contributed by atoms with van der Waals surface area (Å²) in [6.45, 7) is 1.74. The minimum absolute atomic E-state index is 0.0596. The molecule has 0 fully saturated rings. The molecule has 0 saturated heterocycles. The van der Waals surface area contributed by atoms with Gasteiger partial charge in [-0.15, -0.1) is 5.10 Å². The van der Waals surface area contributed by atoms with E-state index in [9.17, 15) is 9.59 Å². The monoisotopic (exact) mass is 180 g/mol. The molecule has 0 aliphatic heterocycles. The van der Waals surface area contributed by atoms with Gasteiger partial charge in [0.2, 0.25) is 0 Å². The quantitative estimate of drug-likeness (QED) is 0.613. The van der Waals surface area contributed by atoms with Crippen LogP contribution in [-0.2, 0) is 0 Å². The minimum Gasteiger partial charge on any atom is -0.351 e. The number of hydrogen-bond acceptors (Lipinski definition) is 4. The molecule has 0 unspecified atom stereocenters. The van der Waals surface area contributed by atoms with Gasteiger partial charge in [0.25, 0.3) is 5.91 Å². The van der Waals surface area contributed by atoms with Crippen LogP contribution < -0.4 is 11.1 Å². The Morgan fingerprint density at radius 2 is 2.08 bits per heavy atom. The normalized spacial score (nSPS) is 9.31. The molecule has 0 radical (unpaired) electrons. The molecule has 0 aliphatic carbocycles. The third-order valence-corrected chi connectivity index (χ3v) is 1.27. The summed E-state index contributed by atoms with van der Waals surface area (Å²) in [6, 6.07) is 2.16. The third-order valence-electron chi connectivity index (χ3n) is 1.27. The number of nitrogens with one attached hydrogen (secondary N) is 1. The van der Waals surface area contributed by atoms with Crippen molar-refractivity contribution in [3.05, 3.63) is 23.5 Å². The van der Waals surface area contributed by atoms with E-state index in [1.807, 2.05) is 5.32 Å². The van der Waals surface area contributed by atoms with E-state index >= 15 is 0 Å². The number of aromatic nitrogens is 2. The molecule has 13 heavy (non-hydrogen) atoms. The van der Waals surface area contributed by atoms with Crippen molar-refractivity contribution in [2.75, 3.05) is 0 Å². The Labute approximate surface area is 74.1 Å². The molecule has 68 valence electrons. The number of carbonyl (C=O) groups excluding carboxylic acids is 2. The first kappa shape index (κ1) is 9.11. The lowest BCUT2D eigenvalue weighted by Crippen LogP contribution is -2.35. The number of imide groups is 1. The number of primary amides is 1. The van der Waals surface area contributed by atoms with Gasteiger partial charge in [-0.3, -0.25) is 10.1 Å². The number of aryl methyl sites for hydroxylation is 1. The van der Waals surface area contributed by atoms with E-state index in [0.29, 0.717) is 5.69 Å². The largest absolute Gasteiger partial charge is 0.351 e. The van der Waals surface area contributed by atoms with Crippen LogP contribution in [0.1, 0.15) is 16.2 Å². The van der Waals surface area contributed by atoms with Gasteiger partial charge >= 0.3 is 6.03 Å². The summed E-state index contributed by atoms with van der Waals surface area (Å²) in [5.41, 5.74) is 5.49. The van der Waals surface area contributed by atoms with Crippen molar-refractivity contribution in [3.63, 3.8) is 0 Å². The van der Waals surface area contributed by atoms with Crippen molar-refractivity contribution in [2.45, 2.75) is 6.92 Å². The van der Waals surface area contributed by atoms with Crippen LogP contribution in [0.25, 0.3) is 0 Å². The summed E-state index contributed by atoms with van der Waals surface area (Å²) in [4.78, 5) is 21.3. The Hall–Kier alpha value is -1.98. The predicted octanol–water partition coefficient (Wildman–Crippen LogP) is -0.406. The zero-order valence-corrected chi connectivity index (χ0v) is 6.94. The summed E-state index contributed by atoms with van der Waals surface area (Å²) in [6.07, 6.45) is 0. The Morgan fingerprint density at radius 1 is 1.38 bits per heavy atom. The highest BCUT2D eigenvalue weighted by Gasteiger charge is 2.08. The van der Waals surface area contributed by atoms with Crippen molar-refractivity contribution in [3.8, 4) is 0 Å². The zero-order chi connectivity index (χ0) is 9.84. The number of hydrogen-bond donors (Lipinski definition) is 2. The molecule has 3 N–H and O–H groups in total. The van der Waals surface area contributed by atoms with E-state index in [1.165, 1.54) is 6.07 Å². The van der Waals surface area contributed by atoms with Crippen molar-refractivity contribution < 1.29 is 9.59 Å². The minimum atomic E-state index is -0.910. The molecule has 1 aromatic rings. The molecule has 0 spiro atoms. The molecule has 1 aromatic heterocycles. The molecule has 1 rings (SSSR count). The van der Waals surface area contributed by atoms with E-state index in [0.717, 1.165) is 0 Å². The van der Waals surface area contributed by atoms with Crippen molar-refractivity contribution in [1.82, 2.24) is 15.5 Å². The van der Waals surface area contributed by atoms with E-state index in [4.69, 9.17) is 5.73 Å². The van der Waals surface area contributed by atoms with Gasteiger partial charge in [0.15, 0.2) is 5.69 Å². The fourth-order valence-corrected chi connectivity index (χ4v) is 0.696. The topological polar surface area (TPSA) is 98.0 Å². The van der Waals surface area contributed by atoms with E-state index < -0.39 is 11.9 Å². The van der Waals surface area contributed by atoms with Crippen LogP contribution in [0.15, 0.2) is 12.1 Å². The van der Waals surface area contributed by atoms with Crippen LogP contribution in [0.5, 0.6) is 0 Å². The molecule has 3 amide bonds. The maximum Gasteiger partial charge on any atom is 0.319 e. The second-order valence-corrected chi connectivity index (χ2v) is 2.38. The third kappa shape index (κ3) is 2.51. The zero-order valence-electron chi connectivity index (χ0n) is 6.94. The smallest absolute Gasteiger partial charge is 0.319 e. The molecule has 0 saturated carbocycles. The van der Waals surface area contributed by atoms with E-state index in [1.54, 1.807) is 13.0 Å². The Bertz CT molecular complexity index is 333. The van der Waals surface area contributed by atoms with Crippen molar-refractivity contribution in [1.29, 1.82) is 0 Å². The van der Waals surface area contributed by atoms with Gasteiger partial charge in [0.1, 0.15) is 0 Å². The van der Waals surface area contributed by atoms with Gasteiger partial charge in [-0.1, -0.05) is 0 Å². The van der Waals surface area contributed by atoms with Crippen molar-refractivity contribution in [2.24, 2.45) is 5.73 Å². The molecular weight excluding hydrogens is 172 g/mol. The molecule has 1 heterocycles. The van der Waals surface area contributed by atoms with Crippen LogP contribution >= 0.6 is 0 Å². The number of urea groups is 1. The number of nitrogens with two attached hydrogens (primary N) is 1. The average molecular weight is 180 g/mol. The van der Waals surface area contributed by atoms with Crippen molar-refractivity contribution >= 4 is 11.9 Å². The second kappa shape index (κ2) is 3.61. The molecule has 0 bridgehead atoms.